The number of nitriles is 1. The summed E-state index contributed by atoms with van der Waals surface area (Å²) in [6.45, 7) is 2.47. The van der Waals surface area contributed by atoms with Crippen LogP contribution in [0.5, 0.6) is 0 Å². The van der Waals surface area contributed by atoms with Gasteiger partial charge in [0.05, 0.1) is 17.2 Å². The minimum absolute atomic E-state index is 0.0194. The van der Waals surface area contributed by atoms with Crippen LogP contribution in [0.4, 0.5) is 0 Å². The van der Waals surface area contributed by atoms with Gasteiger partial charge < -0.3 is 4.90 Å². The molecule has 0 bridgehead atoms. The number of amides is 1. The Morgan fingerprint density at radius 3 is 2.70 bits per heavy atom. The second-order valence-corrected chi connectivity index (χ2v) is 10.3. The quantitative estimate of drug-likeness (QED) is 0.512. The van der Waals surface area contributed by atoms with Gasteiger partial charge in [-0.15, -0.1) is 11.3 Å². The largest absolute Gasteiger partial charge is 0.326 e. The van der Waals surface area contributed by atoms with Crippen LogP contribution >= 0.6 is 23.1 Å². The van der Waals surface area contributed by atoms with Crippen LogP contribution in [0.2, 0.25) is 0 Å². The summed E-state index contributed by atoms with van der Waals surface area (Å²) in [7, 11) is 1.74. The van der Waals surface area contributed by atoms with Crippen LogP contribution in [0.1, 0.15) is 62.3 Å². The van der Waals surface area contributed by atoms with Crippen molar-refractivity contribution in [3.8, 4) is 6.07 Å². The van der Waals surface area contributed by atoms with E-state index in [4.69, 9.17) is 4.98 Å². The molecule has 160 valence electrons. The molecule has 1 amide bonds. The highest BCUT2D eigenvalue weighted by Crippen LogP contribution is 2.35. The van der Waals surface area contributed by atoms with Crippen molar-refractivity contribution in [2.45, 2.75) is 82.0 Å². The summed E-state index contributed by atoms with van der Waals surface area (Å²) < 4.78 is 1.70. The zero-order valence-corrected chi connectivity index (χ0v) is 19.3. The Balaban J connectivity index is 1.58. The van der Waals surface area contributed by atoms with E-state index in [-0.39, 0.29) is 17.2 Å². The van der Waals surface area contributed by atoms with Crippen LogP contribution in [-0.2, 0) is 24.2 Å². The number of rotatable bonds is 5. The van der Waals surface area contributed by atoms with E-state index < -0.39 is 5.54 Å². The van der Waals surface area contributed by atoms with Crippen molar-refractivity contribution < 1.29 is 4.79 Å². The maximum absolute atomic E-state index is 13.2. The summed E-state index contributed by atoms with van der Waals surface area (Å²) in [5.74, 6) is 0.106. The van der Waals surface area contributed by atoms with E-state index in [0.717, 1.165) is 61.6 Å². The van der Waals surface area contributed by atoms with E-state index in [0.29, 0.717) is 11.7 Å². The van der Waals surface area contributed by atoms with Crippen molar-refractivity contribution in [1.29, 1.82) is 5.26 Å². The fourth-order valence-corrected chi connectivity index (χ4v) is 7.01. The molecule has 0 radical (unpaired) electrons. The zero-order chi connectivity index (χ0) is 21.3. The first kappa shape index (κ1) is 21.4. The molecule has 1 saturated carbocycles. The Labute approximate surface area is 185 Å². The fraction of sp³-hybridized carbons (Fsp3) is 0.636. The van der Waals surface area contributed by atoms with Crippen LogP contribution in [-0.4, -0.2) is 38.7 Å². The smallest absolute Gasteiger partial charge is 0.263 e. The second kappa shape index (κ2) is 8.72. The number of carbonyl (C=O) groups excluding carboxylic acids is 1. The molecule has 0 aromatic carbocycles. The summed E-state index contributed by atoms with van der Waals surface area (Å²) in [5, 5.41) is 11.1. The predicted octanol–water partition coefficient (Wildman–Crippen LogP) is 4.13. The SMILES string of the molecule is CCn1c(SCC(=O)N(C)C2(C#N)CCCCC2)nc2sc3c(c2c1=O)CCCC3. The number of carbonyl (C=O) groups is 1. The van der Waals surface area contributed by atoms with Gasteiger partial charge in [0.25, 0.3) is 5.56 Å². The minimum atomic E-state index is -0.690. The van der Waals surface area contributed by atoms with E-state index in [1.54, 1.807) is 27.9 Å². The van der Waals surface area contributed by atoms with E-state index in [1.165, 1.54) is 28.6 Å². The summed E-state index contributed by atoms with van der Waals surface area (Å²) in [6, 6.07) is 2.41. The highest BCUT2D eigenvalue weighted by Gasteiger charge is 2.38. The third-order valence-electron chi connectivity index (χ3n) is 6.59. The predicted molar refractivity (Wildman–Crippen MR) is 121 cm³/mol. The summed E-state index contributed by atoms with van der Waals surface area (Å²) >= 11 is 2.95. The van der Waals surface area contributed by atoms with E-state index >= 15 is 0 Å². The van der Waals surface area contributed by atoms with Gasteiger partial charge in [-0.1, -0.05) is 31.0 Å². The van der Waals surface area contributed by atoms with Gasteiger partial charge >= 0.3 is 0 Å². The highest BCUT2D eigenvalue weighted by atomic mass is 32.2. The minimum Gasteiger partial charge on any atom is -0.326 e. The average molecular weight is 445 g/mol. The van der Waals surface area contributed by atoms with Crippen molar-refractivity contribution in [3.63, 3.8) is 0 Å². The Kier molecular flexibility index (Phi) is 6.21. The first-order valence-corrected chi connectivity index (χ1v) is 12.7. The molecule has 4 rings (SSSR count). The van der Waals surface area contributed by atoms with E-state index in [1.807, 2.05) is 6.92 Å². The van der Waals surface area contributed by atoms with Crippen LogP contribution in [0.15, 0.2) is 9.95 Å². The number of thiophene rings is 1. The Morgan fingerprint density at radius 1 is 1.27 bits per heavy atom. The van der Waals surface area contributed by atoms with Crippen molar-refractivity contribution in [2.24, 2.45) is 0 Å². The topological polar surface area (TPSA) is 79.0 Å². The fourth-order valence-electron chi connectivity index (χ4n) is 4.73. The summed E-state index contributed by atoms with van der Waals surface area (Å²) in [4.78, 5) is 34.7. The number of nitrogens with zero attached hydrogens (tertiary/aromatic N) is 4. The monoisotopic (exact) mass is 444 g/mol. The Hall–Kier alpha value is -1.85. The van der Waals surface area contributed by atoms with Gasteiger partial charge in [0.2, 0.25) is 5.91 Å². The molecule has 30 heavy (non-hydrogen) atoms. The molecule has 2 aromatic rings. The Bertz CT molecular complexity index is 1060. The molecule has 0 saturated heterocycles. The summed E-state index contributed by atoms with van der Waals surface area (Å²) in [5.41, 5.74) is 0.525. The molecule has 2 aliphatic rings. The van der Waals surface area contributed by atoms with Crippen molar-refractivity contribution >= 4 is 39.2 Å². The molecular formula is C22H28N4O2S2. The normalized spacial score (nSPS) is 18.0. The molecule has 0 N–H and O–H groups in total. The van der Waals surface area contributed by atoms with Crippen LogP contribution in [0.3, 0.4) is 0 Å². The zero-order valence-electron chi connectivity index (χ0n) is 17.7. The van der Waals surface area contributed by atoms with Gasteiger partial charge in [0.1, 0.15) is 10.4 Å². The standard InChI is InChI=1S/C22H28N4O2S2/c1-3-26-20(28)18-15-9-5-6-10-16(15)30-19(18)24-21(26)29-13-17(27)25(2)22(14-23)11-7-4-8-12-22/h3-13H2,1-2H3. The van der Waals surface area contributed by atoms with Gasteiger partial charge in [-0.2, -0.15) is 5.26 Å². The second-order valence-electron chi connectivity index (χ2n) is 8.28. The van der Waals surface area contributed by atoms with E-state index in [9.17, 15) is 14.9 Å². The lowest BCUT2D eigenvalue weighted by atomic mass is 9.81. The molecule has 0 atom stereocenters. The van der Waals surface area contributed by atoms with Crippen molar-refractivity contribution in [2.75, 3.05) is 12.8 Å². The van der Waals surface area contributed by atoms with Gasteiger partial charge in [-0.25, -0.2) is 4.98 Å². The third kappa shape index (κ3) is 3.67. The molecule has 0 aliphatic heterocycles. The lowest BCUT2D eigenvalue weighted by Gasteiger charge is -2.39. The van der Waals surface area contributed by atoms with Gasteiger partial charge in [-0.05, 0) is 51.0 Å². The van der Waals surface area contributed by atoms with Crippen LogP contribution < -0.4 is 5.56 Å². The number of fused-ring (bicyclic) bond motifs is 3. The Morgan fingerprint density at radius 2 is 2.00 bits per heavy atom. The lowest BCUT2D eigenvalue weighted by molar-refractivity contribution is -0.131. The lowest BCUT2D eigenvalue weighted by Crippen LogP contribution is -2.50. The average Bonchev–Trinajstić information content (AvgIpc) is 3.16. The maximum Gasteiger partial charge on any atom is 0.263 e. The van der Waals surface area contributed by atoms with Gasteiger partial charge in [0.15, 0.2) is 5.16 Å². The molecule has 0 spiro atoms. The molecule has 2 aliphatic carbocycles. The molecule has 0 unspecified atom stereocenters. The van der Waals surface area contributed by atoms with Crippen LogP contribution in [0.25, 0.3) is 10.2 Å². The summed E-state index contributed by atoms with van der Waals surface area (Å²) in [6.07, 6.45) is 8.85. The van der Waals surface area contributed by atoms with Crippen LogP contribution in [0, 0.1) is 11.3 Å². The number of hydrogen-bond acceptors (Lipinski definition) is 6. The molecule has 6 nitrogen and oxygen atoms in total. The number of aromatic nitrogens is 2. The highest BCUT2D eigenvalue weighted by molar-refractivity contribution is 7.99. The first-order chi connectivity index (χ1) is 14.5. The first-order valence-electron chi connectivity index (χ1n) is 10.9. The molecule has 2 heterocycles. The number of thioether (sulfide) groups is 1. The maximum atomic E-state index is 13.2. The molecule has 8 heteroatoms. The molecule has 2 aromatic heterocycles. The van der Waals surface area contributed by atoms with Crippen molar-refractivity contribution in [1.82, 2.24) is 14.5 Å². The number of hydrogen-bond donors (Lipinski definition) is 0. The molecular weight excluding hydrogens is 416 g/mol. The van der Waals surface area contributed by atoms with Gasteiger partial charge in [0, 0.05) is 18.5 Å². The van der Waals surface area contributed by atoms with Gasteiger partial charge in [-0.3, -0.25) is 14.2 Å². The van der Waals surface area contributed by atoms with E-state index in [2.05, 4.69) is 6.07 Å². The number of aryl methyl sites for hydroxylation is 2. The molecule has 1 fully saturated rings. The van der Waals surface area contributed by atoms with Crippen molar-refractivity contribution in [3.05, 3.63) is 20.8 Å². The third-order valence-corrected chi connectivity index (χ3v) is 8.73.